The van der Waals surface area contributed by atoms with E-state index in [9.17, 15) is 4.79 Å². The number of halogens is 1. The summed E-state index contributed by atoms with van der Waals surface area (Å²) in [5.41, 5.74) is 0. The quantitative estimate of drug-likeness (QED) is 0.745. The van der Waals surface area contributed by atoms with E-state index in [1.165, 1.54) is 0 Å². The molecule has 0 saturated carbocycles. The van der Waals surface area contributed by atoms with Crippen molar-refractivity contribution in [3.05, 3.63) is 29.9 Å². The van der Waals surface area contributed by atoms with Crippen molar-refractivity contribution in [3.8, 4) is 5.95 Å². The fourth-order valence-corrected chi connectivity index (χ4v) is 2.48. The van der Waals surface area contributed by atoms with Gasteiger partial charge in [-0.05, 0) is 18.4 Å². The number of rotatable bonds is 7. The van der Waals surface area contributed by atoms with Gasteiger partial charge in [-0.3, -0.25) is 9.36 Å². The number of aromatic nitrogens is 4. The Bertz CT molecular complexity index is 621. The number of nitrogens with one attached hydrogen (secondary N) is 2. The van der Waals surface area contributed by atoms with Gasteiger partial charge in [-0.2, -0.15) is 16.7 Å². The van der Waals surface area contributed by atoms with E-state index in [2.05, 4.69) is 25.6 Å². The lowest BCUT2D eigenvalue weighted by molar-refractivity contribution is -0.121. The maximum absolute atomic E-state index is 11.9. The minimum Gasteiger partial charge on any atom is -0.358 e. The van der Waals surface area contributed by atoms with Crippen molar-refractivity contribution in [1.82, 2.24) is 24.8 Å². The molecule has 22 heavy (non-hydrogen) atoms. The molecule has 9 heteroatoms. The van der Waals surface area contributed by atoms with E-state index < -0.39 is 0 Å². The van der Waals surface area contributed by atoms with Gasteiger partial charge in [-0.15, -0.1) is 0 Å². The van der Waals surface area contributed by atoms with Crippen LogP contribution in [0.25, 0.3) is 5.95 Å². The fourth-order valence-electron chi connectivity index (χ4n) is 1.83. The van der Waals surface area contributed by atoms with Gasteiger partial charge in [-0.1, -0.05) is 11.6 Å². The van der Waals surface area contributed by atoms with Gasteiger partial charge in [-0.25, -0.2) is 9.97 Å². The number of amides is 1. The maximum atomic E-state index is 11.9. The Morgan fingerprint density at radius 3 is 2.95 bits per heavy atom. The Morgan fingerprint density at radius 1 is 1.50 bits per heavy atom. The number of nitrogens with zero attached hydrogens (tertiary/aromatic N) is 4. The summed E-state index contributed by atoms with van der Waals surface area (Å²) in [7, 11) is 1.61. The van der Waals surface area contributed by atoms with Gasteiger partial charge in [0.05, 0.1) is 0 Å². The molecule has 0 bridgehead atoms. The second-order valence-corrected chi connectivity index (χ2v) is 5.81. The zero-order valence-corrected chi connectivity index (χ0v) is 13.9. The number of carbonyl (C=O) groups excluding carboxylic acids is 1. The molecule has 0 fully saturated rings. The molecule has 1 amide bonds. The van der Waals surface area contributed by atoms with Crippen LogP contribution >= 0.6 is 23.4 Å². The predicted octanol–water partition coefficient (Wildman–Crippen LogP) is 1.60. The first-order valence-electron chi connectivity index (χ1n) is 6.64. The number of carbonyl (C=O) groups is 1. The summed E-state index contributed by atoms with van der Waals surface area (Å²) in [5.74, 6) is 1.66. The third-order valence-electron chi connectivity index (χ3n) is 2.91. The predicted molar refractivity (Wildman–Crippen MR) is 88.6 cm³/mol. The van der Waals surface area contributed by atoms with Crippen LogP contribution in [-0.4, -0.2) is 50.5 Å². The van der Waals surface area contributed by atoms with E-state index in [1.54, 1.807) is 48.2 Å². The van der Waals surface area contributed by atoms with Crippen molar-refractivity contribution in [1.29, 1.82) is 0 Å². The van der Waals surface area contributed by atoms with Crippen LogP contribution < -0.4 is 10.6 Å². The largest absolute Gasteiger partial charge is 0.358 e. The Kier molecular flexibility index (Phi) is 6.02. The summed E-state index contributed by atoms with van der Waals surface area (Å²) in [6, 6.07) is 1.22. The number of hydrogen-bond donors (Lipinski definition) is 2. The van der Waals surface area contributed by atoms with E-state index in [0.29, 0.717) is 23.3 Å². The van der Waals surface area contributed by atoms with E-state index in [0.717, 1.165) is 5.75 Å². The van der Waals surface area contributed by atoms with Crippen LogP contribution in [0.1, 0.15) is 6.42 Å². The highest BCUT2D eigenvalue weighted by atomic mass is 35.5. The van der Waals surface area contributed by atoms with Crippen LogP contribution in [0.5, 0.6) is 0 Å². The van der Waals surface area contributed by atoms with Crippen LogP contribution in [0.2, 0.25) is 5.15 Å². The Balaban J connectivity index is 2.21. The molecule has 0 radical (unpaired) electrons. The number of thioether (sulfide) groups is 1. The molecule has 2 aromatic rings. The first kappa shape index (κ1) is 16.6. The topological polar surface area (TPSA) is 84.7 Å². The van der Waals surface area contributed by atoms with Crippen LogP contribution in [0.4, 0.5) is 5.82 Å². The van der Waals surface area contributed by atoms with Crippen molar-refractivity contribution in [3.63, 3.8) is 0 Å². The Morgan fingerprint density at radius 2 is 2.32 bits per heavy atom. The summed E-state index contributed by atoms with van der Waals surface area (Å²) < 4.78 is 1.65. The molecule has 0 aliphatic rings. The van der Waals surface area contributed by atoms with E-state index in [-0.39, 0.29) is 11.9 Å². The maximum Gasteiger partial charge on any atom is 0.242 e. The van der Waals surface area contributed by atoms with Crippen molar-refractivity contribution >= 4 is 35.1 Å². The van der Waals surface area contributed by atoms with E-state index in [4.69, 9.17) is 11.6 Å². The van der Waals surface area contributed by atoms with Crippen LogP contribution in [0.15, 0.2) is 24.8 Å². The first-order chi connectivity index (χ1) is 10.6. The molecule has 0 aliphatic carbocycles. The van der Waals surface area contributed by atoms with Gasteiger partial charge in [0.1, 0.15) is 23.3 Å². The number of hydrogen-bond acceptors (Lipinski definition) is 6. The van der Waals surface area contributed by atoms with E-state index >= 15 is 0 Å². The Labute approximate surface area is 137 Å². The van der Waals surface area contributed by atoms with Gasteiger partial charge in [0.2, 0.25) is 11.9 Å². The van der Waals surface area contributed by atoms with Crippen molar-refractivity contribution < 1.29 is 4.79 Å². The van der Waals surface area contributed by atoms with Gasteiger partial charge >= 0.3 is 0 Å². The smallest absolute Gasteiger partial charge is 0.242 e. The normalized spacial score (nSPS) is 12.0. The van der Waals surface area contributed by atoms with Crippen LogP contribution in [0.3, 0.4) is 0 Å². The molecule has 118 valence electrons. The third-order valence-corrected chi connectivity index (χ3v) is 3.75. The molecular weight excluding hydrogens is 324 g/mol. The van der Waals surface area contributed by atoms with Gasteiger partial charge in [0, 0.05) is 25.5 Å². The first-order valence-corrected chi connectivity index (χ1v) is 8.41. The lowest BCUT2D eigenvalue weighted by Gasteiger charge is -2.17. The average Bonchev–Trinajstić information content (AvgIpc) is 3.04. The molecule has 0 aromatic carbocycles. The van der Waals surface area contributed by atoms with Crippen molar-refractivity contribution in [2.45, 2.75) is 12.5 Å². The lowest BCUT2D eigenvalue weighted by Crippen LogP contribution is -2.38. The van der Waals surface area contributed by atoms with Crippen molar-refractivity contribution in [2.75, 3.05) is 24.4 Å². The SMILES string of the molecule is CNC(=O)C(CCSC)Nc1cc(Cl)nc(-n2ccnc2)n1. The molecule has 2 rings (SSSR count). The third kappa shape index (κ3) is 4.35. The standard InChI is InChI=1S/C13H17ClN6OS/c1-15-12(21)9(3-6-22-2)17-11-7-10(14)18-13(19-11)20-5-4-16-8-20/h4-5,7-9H,3,6H2,1-2H3,(H,15,21)(H,17,18,19). The number of imidazole rings is 1. The molecular formula is C13H17ClN6OS. The summed E-state index contributed by atoms with van der Waals surface area (Å²) in [5, 5.41) is 6.05. The molecule has 2 N–H and O–H groups in total. The summed E-state index contributed by atoms with van der Waals surface area (Å²) in [6.07, 6.45) is 7.62. The van der Waals surface area contributed by atoms with E-state index in [1.807, 2.05) is 6.26 Å². The molecule has 2 aromatic heterocycles. The zero-order chi connectivity index (χ0) is 15.9. The van der Waals surface area contributed by atoms with Crippen LogP contribution in [0, 0.1) is 0 Å². The lowest BCUT2D eigenvalue weighted by atomic mass is 10.2. The molecule has 1 atom stereocenters. The minimum atomic E-state index is -0.376. The second-order valence-electron chi connectivity index (χ2n) is 4.44. The highest BCUT2D eigenvalue weighted by Crippen LogP contribution is 2.16. The summed E-state index contributed by atoms with van der Waals surface area (Å²) in [6.45, 7) is 0. The Hall–Kier alpha value is -1.80. The highest BCUT2D eigenvalue weighted by Gasteiger charge is 2.18. The number of anilines is 1. The molecule has 0 aliphatic heterocycles. The fraction of sp³-hybridized carbons (Fsp3) is 0.385. The zero-order valence-electron chi connectivity index (χ0n) is 12.3. The van der Waals surface area contributed by atoms with Gasteiger partial charge < -0.3 is 10.6 Å². The highest BCUT2D eigenvalue weighted by molar-refractivity contribution is 7.98. The molecule has 0 saturated heterocycles. The second kappa shape index (κ2) is 8.00. The molecule has 1 unspecified atom stereocenters. The summed E-state index contributed by atoms with van der Waals surface area (Å²) >= 11 is 7.72. The minimum absolute atomic E-state index is 0.0898. The van der Waals surface area contributed by atoms with Gasteiger partial charge in [0.25, 0.3) is 0 Å². The molecule has 2 heterocycles. The molecule has 7 nitrogen and oxygen atoms in total. The van der Waals surface area contributed by atoms with Crippen molar-refractivity contribution in [2.24, 2.45) is 0 Å². The van der Waals surface area contributed by atoms with Gasteiger partial charge in [0.15, 0.2) is 0 Å². The number of likely N-dealkylation sites (N-methyl/N-ethyl adjacent to an activating group) is 1. The average molecular weight is 341 g/mol. The monoisotopic (exact) mass is 340 g/mol. The summed E-state index contributed by atoms with van der Waals surface area (Å²) in [4.78, 5) is 24.4. The molecule has 0 spiro atoms. The van der Waals surface area contributed by atoms with Crippen LogP contribution in [-0.2, 0) is 4.79 Å².